The van der Waals surface area contributed by atoms with Crippen LogP contribution < -0.4 is 0 Å². The number of carbonyl (C=O) groups is 1. The maximum atomic E-state index is 11.0. The van der Waals surface area contributed by atoms with Gasteiger partial charge in [0.25, 0.3) is 0 Å². The Kier molecular flexibility index (Phi) is 4.81. The zero-order chi connectivity index (χ0) is 12.0. The number of hydrogen-bond acceptors (Lipinski definition) is 3. The molecule has 84 valence electrons. The Labute approximate surface area is 99.6 Å². The van der Waals surface area contributed by atoms with Crippen molar-refractivity contribution in [2.24, 2.45) is 0 Å². The van der Waals surface area contributed by atoms with Crippen molar-refractivity contribution in [3.8, 4) is 6.07 Å². The predicted octanol–water partition coefficient (Wildman–Crippen LogP) is 2.90. The molecule has 0 saturated heterocycles. The molecule has 1 aromatic carbocycles. The molecule has 0 aromatic heterocycles. The Morgan fingerprint density at radius 1 is 1.62 bits per heavy atom. The molecule has 0 radical (unpaired) electrons. The molecule has 0 spiro atoms. The Balaban J connectivity index is 2.69. The largest absolute Gasteiger partial charge is 0.469 e. The van der Waals surface area contributed by atoms with Crippen LogP contribution >= 0.6 is 11.6 Å². The van der Waals surface area contributed by atoms with E-state index in [1.165, 1.54) is 7.11 Å². The van der Waals surface area contributed by atoms with Gasteiger partial charge in [-0.1, -0.05) is 23.7 Å². The molecule has 0 N–H and O–H groups in total. The van der Waals surface area contributed by atoms with Gasteiger partial charge in [-0.2, -0.15) is 5.26 Å². The van der Waals surface area contributed by atoms with Gasteiger partial charge in [0.1, 0.15) is 0 Å². The lowest BCUT2D eigenvalue weighted by Gasteiger charge is -2.08. The van der Waals surface area contributed by atoms with Crippen molar-refractivity contribution in [1.29, 1.82) is 5.26 Å². The fourth-order valence-corrected chi connectivity index (χ4v) is 1.59. The molecule has 1 aromatic rings. The number of methoxy groups -OCH3 is 1. The van der Waals surface area contributed by atoms with E-state index in [2.05, 4.69) is 10.8 Å². The summed E-state index contributed by atoms with van der Waals surface area (Å²) in [5.41, 5.74) is 0.832. The van der Waals surface area contributed by atoms with Crippen LogP contribution in [-0.4, -0.2) is 13.1 Å². The lowest BCUT2D eigenvalue weighted by Crippen LogP contribution is -2.04. The van der Waals surface area contributed by atoms with E-state index in [-0.39, 0.29) is 18.3 Å². The van der Waals surface area contributed by atoms with Crippen molar-refractivity contribution >= 4 is 17.6 Å². The summed E-state index contributed by atoms with van der Waals surface area (Å²) in [6.07, 6.45) is 0.685. The summed E-state index contributed by atoms with van der Waals surface area (Å²) in [7, 11) is 1.34. The first-order valence-electron chi connectivity index (χ1n) is 4.89. The van der Waals surface area contributed by atoms with Gasteiger partial charge in [-0.15, -0.1) is 0 Å². The van der Waals surface area contributed by atoms with Crippen LogP contribution in [0.25, 0.3) is 0 Å². The van der Waals surface area contributed by atoms with Crippen LogP contribution in [0.15, 0.2) is 24.3 Å². The molecule has 3 nitrogen and oxygen atoms in total. The molecule has 0 amide bonds. The first-order valence-corrected chi connectivity index (χ1v) is 5.27. The summed E-state index contributed by atoms with van der Waals surface area (Å²) in [5.74, 6) is -0.625. The third-order valence-electron chi connectivity index (χ3n) is 2.27. The minimum absolute atomic E-state index is 0.237. The number of benzene rings is 1. The van der Waals surface area contributed by atoms with Gasteiger partial charge < -0.3 is 4.74 Å². The van der Waals surface area contributed by atoms with Gasteiger partial charge in [-0.05, 0) is 24.1 Å². The van der Waals surface area contributed by atoms with E-state index in [9.17, 15) is 4.79 Å². The lowest BCUT2D eigenvalue weighted by molar-refractivity contribution is -0.140. The number of rotatable bonds is 4. The first-order chi connectivity index (χ1) is 7.67. The zero-order valence-electron chi connectivity index (χ0n) is 8.94. The summed E-state index contributed by atoms with van der Waals surface area (Å²) in [6, 6.07) is 9.27. The summed E-state index contributed by atoms with van der Waals surface area (Å²) in [6.45, 7) is 0. The summed E-state index contributed by atoms with van der Waals surface area (Å²) in [4.78, 5) is 11.0. The van der Waals surface area contributed by atoms with Gasteiger partial charge in [0.05, 0.1) is 19.1 Å². The van der Waals surface area contributed by atoms with Gasteiger partial charge in [-0.25, -0.2) is 0 Å². The van der Waals surface area contributed by atoms with Crippen LogP contribution in [-0.2, 0) is 9.53 Å². The highest BCUT2D eigenvalue weighted by molar-refractivity contribution is 6.30. The topological polar surface area (TPSA) is 50.1 Å². The number of carbonyl (C=O) groups excluding carboxylic acids is 1. The highest BCUT2D eigenvalue weighted by Gasteiger charge is 2.13. The minimum atomic E-state index is -0.321. The van der Waals surface area contributed by atoms with Crippen molar-refractivity contribution in [3.63, 3.8) is 0 Å². The molecular formula is C12H12ClNO2. The molecule has 0 aliphatic heterocycles. The molecule has 0 aliphatic rings. The van der Waals surface area contributed by atoms with Crippen molar-refractivity contribution < 1.29 is 9.53 Å². The van der Waals surface area contributed by atoms with E-state index >= 15 is 0 Å². The second kappa shape index (κ2) is 6.14. The smallest absolute Gasteiger partial charge is 0.305 e. The molecule has 0 heterocycles. The molecule has 4 heteroatoms. The Bertz CT molecular complexity index is 412. The highest BCUT2D eigenvalue weighted by atomic mass is 35.5. The lowest BCUT2D eigenvalue weighted by atomic mass is 9.96. The fourth-order valence-electron chi connectivity index (χ4n) is 1.39. The molecule has 0 bridgehead atoms. The zero-order valence-corrected chi connectivity index (χ0v) is 9.70. The van der Waals surface area contributed by atoms with Crippen molar-refractivity contribution in [2.75, 3.05) is 7.11 Å². The second-order valence-corrected chi connectivity index (χ2v) is 3.79. The quantitative estimate of drug-likeness (QED) is 0.757. The molecule has 0 unspecified atom stereocenters. The van der Waals surface area contributed by atoms with Gasteiger partial charge in [0, 0.05) is 11.4 Å². The van der Waals surface area contributed by atoms with E-state index < -0.39 is 0 Å². The number of nitriles is 1. The van der Waals surface area contributed by atoms with Crippen LogP contribution in [0.1, 0.15) is 24.3 Å². The number of esters is 1. The van der Waals surface area contributed by atoms with E-state index in [1.807, 2.05) is 6.07 Å². The van der Waals surface area contributed by atoms with Crippen LogP contribution in [0, 0.1) is 11.3 Å². The third kappa shape index (κ3) is 3.56. The molecule has 1 atom stereocenters. The molecule has 16 heavy (non-hydrogen) atoms. The van der Waals surface area contributed by atoms with E-state index in [0.29, 0.717) is 11.4 Å². The maximum absolute atomic E-state index is 11.0. The van der Waals surface area contributed by atoms with Crippen LogP contribution in [0.2, 0.25) is 5.02 Å². The number of nitrogens with zero attached hydrogens (tertiary/aromatic N) is 1. The monoisotopic (exact) mass is 237 g/mol. The van der Waals surface area contributed by atoms with Crippen molar-refractivity contribution in [3.05, 3.63) is 34.9 Å². The molecule has 0 fully saturated rings. The average molecular weight is 238 g/mol. The van der Waals surface area contributed by atoms with Crippen LogP contribution in [0.3, 0.4) is 0 Å². The van der Waals surface area contributed by atoms with Gasteiger partial charge >= 0.3 is 5.97 Å². The van der Waals surface area contributed by atoms with Crippen LogP contribution in [0.4, 0.5) is 0 Å². The molecule has 1 rings (SSSR count). The molecule has 0 saturated carbocycles. The summed E-state index contributed by atoms with van der Waals surface area (Å²) < 4.78 is 4.53. The first kappa shape index (κ1) is 12.5. The summed E-state index contributed by atoms with van der Waals surface area (Å²) in [5, 5.41) is 9.60. The Hall–Kier alpha value is -1.53. The average Bonchev–Trinajstić information content (AvgIpc) is 2.29. The SMILES string of the molecule is COC(=O)CC[C@@H](C#N)c1cccc(Cl)c1. The van der Waals surface area contributed by atoms with Crippen LogP contribution in [0.5, 0.6) is 0 Å². The normalized spacial score (nSPS) is 11.6. The standard InChI is InChI=1S/C12H12ClNO2/c1-16-12(15)6-5-10(8-14)9-3-2-4-11(13)7-9/h2-4,7,10H,5-6H2,1H3/t10-/m0/s1. The molecular weight excluding hydrogens is 226 g/mol. The maximum Gasteiger partial charge on any atom is 0.305 e. The van der Waals surface area contributed by atoms with E-state index in [1.54, 1.807) is 18.2 Å². The minimum Gasteiger partial charge on any atom is -0.469 e. The van der Waals surface area contributed by atoms with Gasteiger partial charge in [0.2, 0.25) is 0 Å². The second-order valence-electron chi connectivity index (χ2n) is 3.35. The highest BCUT2D eigenvalue weighted by Crippen LogP contribution is 2.23. The van der Waals surface area contributed by atoms with E-state index in [4.69, 9.17) is 16.9 Å². The van der Waals surface area contributed by atoms with E-state index in [0.717, 1.165) is 5.56 Å². The Morgan fingerprint density at radius 3 is 2.94 bits per heavy atom. The third-order valence-corrected chi connectivity index (χ3v) is 2.51. The number of hydrogen-bond donors (Lipinski definition) is 0. The van der Waals surface area contributed by atoms with Gasteiger partial charge in [0.15, 0.2) is 0 Å². The number of halogens is 1. The van der Waals surface area contributed by atoms with Crippen molar-refractivity contribution in [1.82, 2.24) is 0 Å². The fraction of sp³-hybridized carbons (Fsp3) is 0.333. The predicted molar refractivity (Wildman–Crippen MR) is 61.1 cm³/mol. The summed E-state index contributed by atoms with van der Waals surface area (Å²) >= 11 is 5.83. The van der Waals surface area contributed by atoms with Gasteiger partial charge in [-0.3, -0.25) is 4.79 Å². The Morgan fingerprint density at radius 2 is 2.38 bits per heavy atom. The van der Waals surface area contributed by atoms with Crippen molar-refractivity contribution in [2.45, 2.75) is 18.8 Å². The molecule has 0 aliphatic carbocycles. The number of ether oxygens (including phenoxy) is 1.